The molecule has 2 aromatic rings. The van der Waals surface area contributed by atoms with Gasteiger partial charge in [0, 0.05) is 27.9 Å². The van der Waals surface area contributed by atoms with Gasteiger partial charge in [-0.15, -0.1) is 11.8 Å². The molecule has 108 valence electrons. The second kappa shape index (κ2) is 6.00. The predicted octanol–water partition coefficient (Wildman–Crippen LogP) is 3.60. The minimum Gasteiger partial charge on any atom is -0.399 e. The van der Waals surface area contributed by atoms with Crippen LogP contribution in [0.2, 0.25) is 5.02 Å². The molecule has 5 heteroatoms. The fraction of sp³-hybridized carbons (Fsp3) is 0.188. The van der Waals surface area contributed by atoms with Gasteiger partial charge in [-0.05, 0) is 35.9 Å². The van der Waals surface area contributed by atoms with E-state index in [-0.39, 0.29) is 5.91 Å². The molecule has 2 aromatic carbocycles. The summed E-state index contributed by atoms with van der Waals surface area (Å²) >= 11 is 7.63. The third-order valence-electron chi connectivity index (χ3n) is 3.42. The van der Waals surface area contributed by atoms with Crippen LogP contribution >= 0.6 is 23.4 Å². The molecular formula is C16H15ClN2OS. The number of hydrogen-bond acceptors (Lipinski definition) is 3. The number of anilines is 2. The molecule has 1 heterocycles. The van der Waals surface area contributed by atoms with Crippen molar-refractivity contribution in [1.82, 2.24) is 0 Å². The van der Waals surface area contributed by atoms with Crippen molar-refractivity contribution in [2.75, 3.05) is 22.9 Å². The monoisotopic (exact) mass is 318 g/mol. The number of nitrogen functional groups attached to an aromatic ring is 1. The van der Waals surface area contributed by atoms with Crippen LogP contribution < -0.4 is 10.6 Å². The average Bonchev–Trinajstić information content (AvgIpc) is 2.49. The first-order chi connectivity index (χ1) is 10.1. The molecule has 3 rings (SSSR count). The van der Waals surface area contributed by atoms with E-state index in [1.807, 2.05) is 47.4 Å². The highest BCUT2D eigenvalue weighted by Gasteiger charge is 2.23. The van der Waals surface area contributed by atoms with Crippen LogP contribution in [0.15, 0.2) is 47.4 Å². The predicted molar refractivity (Wildman–Crippen MR) is 89.1 cm³/mol. The van der Waals surface area contributed by atoms with Crippen molar-refractivity contribution in [2.24, 2.45) is 0 Å². The molecule has 0 saturated carbocycles. The van der Waals surface area contributed by atoms with Gasteiger partial charge in [-0.3, -0.25) is 4.79 Å². The molecule has 0 fully saturated rings. The Labute approximate surface area is 133 Å². The minimum absolute atomic E-state index is 0.0875. The number of hydrogen-bond donors (Lipinski definition) is 1. The quantitative estimate of drug-likeness (QED) is 0.861. The lowest BCUT2D eigenvalue weighted by molar-refractivity contribution is -0.118. The van der Waals surface area contributed by atoms with E-state index in [1.54, 1.807) is 11.8 Å². The first-order valence-electron chi connectivity index (χ1n) is 6.70. The smallest absolute Gasteiger partial charge is 0.231 e. The molecule has 0 aliphatic carbocycles. The molecule has 0 unspecified atom stereocenters. The molecule has 0 spiro atoms. The zero-order chi connectivity index (χ0) is 14.8. The number of thioether (sulfide) groups is 1. The molecule has 0 aromatic heterocycles. The standard InChI is InChI=1S/C16H15ClN2OS/c17-12-3-1-11(2-4-12)9-16(20)19-7-8-21-15-6-5-13(18)10-14(15)19/h1-6,10H,7-9,18H2. The molecule has 21 heavy (non-hydrogen) atoms. The van der Waals surface area contributed by atoms with Gasteiger partial charge < -0.3 is 10.6 Å². The van der Waals surface area contributed by atoms with E-state index < -0.39 is 0 Å². The van der Waals surface area contributed by atoms with Gasteiger partial charge >= 0.3 is 0 Å². The van der Waals surface area contributed by atoms with Crippen LogP contribution in [0.5, 0.6) is 0 Å². The zero-order valence-corrected chi connectivity index (χ0v) is 13.0. The highest BCUT2D eigenvalue weighted by atomic mass is 35.5. The van der Waals surface area contributed by atoms with Crippen molar-refractivity contribution in [3.8, 4) is 0 Å². The molecule has 2 N–H and O–H groups in total. The van der Waals surface area contributed by atoms with Crippen LogP contribution in [0.1, 0.15) is 5.56 Å². The number of carbonyl (C=O) groups is 1. The van der Waals surface area contributed by atoms with E-state index in [9.17, 15) is 4.79 Å². The number of nitrogens with zero attached hydrogens (tertiary/aromatic N) is 1. The summed E-state index contributed by atoms with van der Waals surface area (Å²) in [5.74, 6) is 0.994. The van der Waals surface area contributed by atoms with Crippen molar-refractivity contribution < 1.29 is 4.79 Å². The summed E-state index contributed by atoms with van der Waals surface area (Å²) in [6, 6.07) is 13.1. The van der Waals surface area contributed by atoms with Crippen molar-refractivity contribution in [3.05, 3.63) is 53.1 Å². The summed E-state index contributed by atoms with van der Waals surface area (Å²) in [4.78, 5) is 15.5. The molecule has 1 amide bonds. The second-order valence-electron chi connectivity index (χ2n) is 4.92. The SMILES string of the molecule is Nc1ccc2c(c1)N(C(=O)Cc1ccc(Cl)cc1)CCS2. The van der Waals surface area contributed by atoms with E-state index in [2.05, 4.69) is 0 Å². The fourth-order valence-electron chi connectivity index (χ4n) is 2.37. The second-order valence-corrected chi connectivity index (χ2v) is 6.50. The average molecular weight is 319 g/mol. The number of rotatable bonds is 2. The highest BCUT2D eigenvalue weighted by Crippen LogP contribution is 2.36. The van der Waals surface area contributed by atoms with Gasteiger partial charge in [0.25, 0.3) is 0 Å². The maximum atomic E-state index is 12.6. The van der Waals surface area contributed by atoms with Gasteiger partial charge in [0.2, 0.25) is 5.91 Å². The first kappa shape index (κ1) is 14.3. The number of fused-ring (bicyclic) bond motifs is 1. The van der Waals surface area contributed by atoms with Crippen molar-refractivity contribution in [1.29, 1.82) is 0 Å². The van der Waals surface area contributed by atoms with E-state index in [0.717, 1.165) is 21.9 Å². The van der Waals surface area contributed by atoms with Gasteiger partial charge in [0.1, 0.15) is 0 Å². The fourth-order valence-corrected chi connectivity index (χ4v) is 3.47. The van der Waals surface area contributed by atoms with E-state index in [4.69, 9.17) is 17.3 Å². The summed E-state index contributed by atoms with van der Waals surface area (Å²) < 4.78 is 0. The molecule has 0 bridgehead atoms. The lowest BCUT2D eigenvalue weighted by Gasteiger charge is -2.29. The number of benzene rings is 2. The molecular weight excluding hydrogens is 304 g/mol. The lowest BCUT2D eigenvalue weighted by atomic mass is 10.1. The Kier molecular flexibility index (Phi) is 4.08. The van der Waals surface area contributed by atoms with Crippen LogP contribution in [-0.2, 0) is 11.2 Å². The topological polar surface area (TPSA) is 46.3 Å². The van der Waals surface area contributed by atoms with Gasteiger partial charge in [-0.25, -0.2) is 0 Å². The normalized spacial score (nSPS) is 13.9. The third kappa shape index (κ3) is 3.17. The summed E-state index contributed by atoms with van der Waals surface area (Å²) in [5, 5.41) is 0.679. The Balaban J connectivity index is 1.83. The summed E-state index contributed by atoms with van der Waals surface area (Å²) in [5.41, 5.74) is 8.42. The number of nitrogens with two attached hydrogens (primary N) is 1. The van der Waals surface area contributed by atoms with Gasteiger partial charge in [0.05, 0.1) is 12.1 Å². The summed E-state index contributed by atoms with van der Waals surface area (Å²) in [7, 11) is 0. The van der Waals surface area contributed by atoms with Crippen molar-refractivity contribution in [3.63, 3.8) is 0 Å². The molecule has 0 saturated heterocycles. The largest absolute Gasteiger partial charge is 0.399 e. The Morgan fingerprint density at radius 2 is 2.00 bits per heavy atom. The van der Waals surface area contributed by atoms with Crippen LogP contribution in [-0.4, -0.2) is 18.2 Å². The zero-order valence-electron chi connectivity index (χ0n) is 11.4. The number of amides is 1. The molecule has 0 atom stereocenters. The highest BCUT2D eigenvalue weighted by molar-refractivity contribution is 7.99. The Morgan fingerprint density at radius 3 is 2.76 bits per heavy atom. The van der Waals surface area contributed by atoms with Crippen LogP contribution in [0.25, 0.3) is 0 Å². The maximum absolute atomic E-state index is 12.6. The maximum Gasteiger partial charge on any atom is 0.231 e. The molecule has 0 radical (unpaired) electrons. The first-order valence-corrected chi connectivity index (χ1v) is 8.07. The third-order valence-corrected chi connectivity index (χ3v) is 4.71. The summed E-state index contributed by atoms with van der Waals surface area (Å²) in [6.07, 6.45) is 0.371. The van der Waals surface area contributed by atoms with Gasteiger partial charge in [-0.1, -0.05) is 23.7 Å². The summed E-state index contributed by atoms with van der Waals surface area (Å²) in [6.45, 7) is 0.716. The van der Waals surface area contributed by atoms with Crippen molar-refractivity contribution >= 4 is 40.6 Å². The minimum atomic E-state index is 0.0875. The lowest BCUT2D eigenvalue weighted by Crippen LogP contribution is -2.36. The van der Waals surface area contributed by atoms with E-state index >= 15 is 0 Å². The molecule has 1 aliphatic heterocycles. The Hall–Kier alpha value is -1.65. The number of halogens is 1. The van der Waals surface area contributed by atoms with Crippen LogP contribution in [0, 0.1) is 0 Å². The van der Waals surface area contributed by atoms with E-state index in [1.165, 1.54) is 0 Å². The van der Waals surface area contributed by atoms with Gasteiger partial charge in [0.15, 0.2) is 0 Å². The Bertz CT molecular complexity index is 672. The van der Waals surface area contributed by atoms with Gasteiger partial charge in [-0.2, -0.15) is 0 Å². The number of carbonyl (C=O) groups excluding carboxylic acids is 1. The van der Waals surface area contributed by atoms with E-state index in [0.29, 0.717) is 23.7 Å². The molecule has 1 aliphatic rings. The van der Waals surface area contributed by atoms with Crippen LogP contribution in [0.3, 0.4) is 0 Å². The Morgan fingerprint density at radius 1 is 1.24 bits per heavy atom. The van der Waals surface area contributed by atoms with Crippen molar-refractivity contribution in [2.45, 2.75) is 11.3 Å². The molecule has 3 nitrogen and oxygen atoms in total. The van der Waals surface area contributed by atoms with Crippen LogP contribution in [0.4, 0.5) is 11.4 Å².